The van der Waals surface area contributed by atoms with E-state index in [2.05, 4.69) is 0 Å². The lowest BCUT2D eigenvalue weighted by atomic mass is 9.46. The normalized spacial score (nSPS) is 40.7. The molecule has 5 N–H and O–H groups in total. The minimum atomic E-state index is -0.650. The van der Waals surface area contributed by atoms with Gasteiger partial charge < -0.3 is 26.0 Å². The molecule has 22 heavy (non-hydrogen) atoms. The van der Waals surface area contributed by atoms with Crippen molar-refractivity contribution in [2.45, 2.75) is 50.2 Å². The van der Waals surface area contributed by atoms with Crippen LogP contribution in [-0.4, -0.2) is 64.1 Å². The molecule has 4 aliphatic rings. The average Bonchev–Trinajstić information content (AvgIpc) is 2.43. The number of nitrogens with two attached hydrogens (primary N) is 1. The van der Waals surface area contributed by atoms with Crippen molar-refractivity contribution in [3.63, 3.8) is 0 Å². The summed E-state index contributed by atoms with van der Waals surface area (Å²) in [5, 5.41) is 29.0. The highest BCUT2D eigenvalue weighted by molar-refractivity contribution is 5.82. The molecule has 5 atom stereocenters. The van der Waals surface area contributed by atoms with Crippen LogP contribution in [0.2, 0.25) is 0 Å². The fourth-order valence-corrected chi connectivity index (χ4v) is 5.68. The molecule has 0 spiro atoms. The quantitative estimate of drug-likeness (QED) is 0.527. The summed E-state index contributed by atoms with van der Waals surface area (Å²) in [6.45, 7) is 0.113. The number of carbonyl (C=O) groups is 1. The average molecular weight is 312 g/mol. The van der Waals surface area contributed by atoms with E-state index in [1.54, 1.807) is 0 Å². The van der Waals surface area contributed by atoms with E-state index >= 15 is 0 Å². The smallest absolute Gasteiger partial charge is 0.240 e. The van der Waals surface area contributed by atoms with Gasteiger partial charge in [0.25, 0.3) is 0 Å². The van der Waals surface area contributed by atoms with Crippen LogP contribution in [0.5, 0.6) is 0 Å². The SMILES string of the molecule is NC(C(=O)N(CCO)CCO)C12C[C@@H]3C[C@@H](CC(O)(C3)C1)C2. The molecule has 4 saturated carbocycles. The number of aliphatic hydroxyl groups excluding tert-OH is 2. The van der Waals surface area contributed by atoms with Crippen LogP contribution in [0.4, 0.5) is 0 Å². The summed E-state index contributed by atoms with van der Waals surface area (Å²) in [5.74, 6) is 0.761. The van der Waals surface area contributed by atoms with Crippen molar-refractivity contribution >= 4 is 5.91 Å². The Morgan fingerprint density at radius 3 is 2.14 bits per heavy atom. The van der Waals surface area contributed by atoms with Crippen LogP contribution in [0.1, 0.15) is 38.5 Å². The summed E-state index contributed by atoms with van der Waals surface area (Å²) in [6.07, 6.45) is 5.32. The lowest BCUT2D eigenvalue weighted by molar-refractivity contribution is -0.177. The van der Waals surface area contributed by atoms with E-state index < -0.39 is 11.6 Å². The largest absolute Gasteiger partial charge is 0.395 e. The topological polar surface area (TPSA) is 107 Å². The van der Waals surface area contributed by atoms with Gasteiger partial charge in [0.05, 0.1) is 24.9 Å². The van der Waals surface area contributed by atoms with Gasteiger partial charge in [-0.2, -0.15) is 0 Å². The Labute approximate surface area is 131 Å². The van der Waals surface area contributed by atoms with Crippen molar-refractivity contribution < 1.29 is 20.1 Å². The third-order valence-corrected chi connectivity index (χ3v) is 6.05. The van der Waals surface area contributed by atoms with Gasteiger partial charge in [-0.05, 0) is 55.8 Å². The molecule has 0 aliphatic heterocycles. The fourth-order valence-electron chi connectivity index (χ4n) is 5.68. The van der Waals surface area contributed by atoms with Gasteiger partial charge in [-0.25, -0.2) is 0 Å². The minimum absolute atomic E-state index is 0.138. The Hall–Kier alpha value is -0.690. The second kappa shape index (κ2) is 5.74. The van der Waals surface area contributed by atoms with Gasteiger partial charge in [0.15, 0.2) is 0 Å². The Balaban J connectivity index is 1.78. The predicted octanol–water partition coefficient (Wildman–Crippen LogP) is -0.542. The first-order valence-corrected chi connectivity index (χ1v) is 8.40. The number of hydrogen-bond donors (Lipinski definition) is 4. The van der Waals surface area contributed by atoms with Crippen LogP contribution in [0.15, 0.2) is 0 Å². The molecular weight excluding hydrogens is 284 g/mol. The maximum absolute atomic E-state index is 12.7. The second-order valence-corrected chi connectivity index (χ2v) is 7.80. The monoisotopic (exact) mass is 312 g/mol. The molecule has 0 aromatic carbocycles. The molecule has 3 unspecified atom stereocenters. The van der Waals surface area contributed by atoms with E-state index in [-0.39, 0.29) is 37.6 Å². The highest BCUT2D eigenvalue weighted by Crippen LogP contribution is 2.62. The van der Waals surface area contributed by atoms with Gasteiger partial charge in [0.1, 0.15) is 0 Å². The number of amides is 1. The van der Waals surface area contributed by atoms with Gasteiger partial charge in [0.2, 0.25) is 5.91 Å². The lowest BCUT2D eigenvalue weighted by Gasteiger charge is -2.61. The second-order valence-electron chi connectivity index (χ2n) is 7.80. The first-order chi connectivity index (χ1) is 10.4. The summed E-state index contributed by atoms with van der Waals surface area (Å²) in [6, 6.07) is -0.650. The van der Waals surface area contributed by atoms with E-state index in [0.717, 1.165) is 32.1 Å². The molecule has 1 amide bonds. The molecule has 0 aromatic rings. The Morgan fingerprint density at radius 1 is 1.14 bits per heavy atom. The predicted molar refractivity (Wildman–Crippen MR) is 80.8 cm³/mol. The zero-order valence-corrected chi connectivity index (χ0v) is 13.1. The van der Waals surface area contributed by atoms with E-state index in [0.29, 0.717) is 18.3 Å². The summed E-state index contributed by atoms with van der Waals surface area (Å²) >= 11 is 0. The standard InChI is InChI=1S/C16H28N2O4/c17-13(14(21)18(1-3-19)2-4-20)15-6-11-5-12(7-15)9-16(22,8-11)10-15/h11-13,19-20,22H,1-10,17H2/t11-,12+,13?,15?,16?. The van der Waals surface area contributed by atoms with Gasteiger partial charge in [-0.3, -0.25) is 4.79 Å². The van der Waals surface area contributed by atoms with Crippen LogP contribution in [-0.2, 0) is 4.79 Å². The number of nitrogens with zero attached hydrogens (tertiary/aromatic N) is 1. The van der Waals surface area contributed by atoms with Gasteiger partial charge in [-0.1, -0.05) is 0 Å². The van der Waals surface area contributed by atoms with Crippen LogP contribution < -0.4 is 5.73 Å². The zero-order valence-electron chi connectivity index (χ0n) is 13.1. The molecule has 0 radical (unpaired) electrons. The molecule has 0 aromatic heterocycles. The van der Waals surface area contributed by atoms with E-state index in [1.807, 2.05) is 0 Å². The summed E-state index contributed by atoms with van der Waals surface area (Å²) in [7, 11) is 0. The lowest BCUT2D eigenvalue weighted by Crippen LogP contribution is -2.64. The van der Waals surface area contributed by atoms with Gasteiger partial charge in [-0.15, -0.1) is 0 Å². The van der Waals surface area contributed by atoms with Crippen LogP contribution in [0.3, 0.4) is 0 Å². The third-order valence-electron chi connectivity index (χ3n) is 6.05. The molecule has 4 aliphatic carbocycles. The number of rotatable bonds is 6. The summed E-state index contributed by atoms with van der Waals surface area (Å²) < 4.78 is 0. The fraction of sp³-hybridized carbons (Fsp3) is 0.938. The highest BCUT2D eigenvalue weighted by Gasteiger charge is 2.60. The molecule has 0 heterocycles. The van der Waals surface area contributed by atoms with E-state index in [9.17, 15) is 9.90 Å². The molecule has 4 rings (SSSR count). The minimum Gasteiger partial charge on any atom is -0.395 e. The summed E-state index contributed by atoms with van der Waals surface area (Å²) in [5.41, 5.74) is 5.43. The molecule has 4 bridgehead atoms. The Bertz CT molecular complexity index is 422. The van der Waals surface area contributed by atoms with Crippen LogP contribution in [0, 0.1) is 17.3 Å². The van der Waals surface area contributed by atoms with E-state index in [1.165, 1.54) is 4.90 Å². The van der Waals surface area contributed by atoms with Crippen LogP contribution in [0.25, 0.3) is 0 Å². The van der Waals surface area contributed by atoms with E-state index in [4.69, 9.17) is 15.9 Å². The zero-order chi connectivity index (χ0) is 16.0. The molecule has 4 fully saturated rings. The van der Waals surface area contributed by atoms with Crippen molar-refractivity contribution in [1.82, 2.24) is 4.90 Å². The first-order valence-electron chi connectivity index (χ1n) is 8.40. The van der Waals surface area contributed by atoms with Crippen molar-refractivity contribution in [3.8, 4) is 0 Å². The molecular formula is C16H28N2O4. The Kier molecular flexibility index (Phi) is 4.22. The first kappa shape index (κ1) is 16.2. The van der Waals surface area contributed by atoms with Crippen molar-refractivity contribution in [1.29, 1.82) is 0 Å². The highest BCUT2D eigenvalue weighted by atomic mass is 16.3. The maximum Gasteiger partial charge on any atom is 0.240 e. The molecule has 6 nitrogen and oxygen atoms in total. The Morgan fingerprint density at radius 2 is 1.68 bits per heavy atom. The van der Waals surface area contributed by atoms with Crippen molar-refractivity contribution in [3.05, 3.63) is 0 Å². The third kappa shape index (κ3) is 2.66. The van der Waals surface area contributed by atoms with Crippen molar-refractivity contribution in [2.24, 2.45) is 23.0 Å². The number of aliphatic hydroxyl groups is 3. The molecule has 6 heteroatoms. The summed E-state index contributed by atoms with van der Waals surface area (Å²) in [4.78, 5) is 14.2. The van der Waals surface area contributed by atoms with Crippen molar-refractivity contribution in [2.75, 3.05) is 26.3 Å². The van der Waals surface area contributed by atoms with Gasteiger partial charge >= 0.3 is 0 Å². The number of hydrogen-bond acceptors (Lipinski definition) is 5. The molecule has 0 saturated heterocycles. The number of carbonyl (C=O) groups excluding carboxylic acids is 1. The van der Waals surface area contributed by atoms with Gasteiger partial charge in [0, 0.05) is 13.1 Å². The van der Waals surface area contributed by atoms with Crippen LogP contribution >= 0.6 is 0 Å². The molecule has 126 valence electrons. The maximum atomic E-state index is 12.7.